The van der Waals surface area contributed by atoms with Gasteiger partial charge in [-0.3, -0.25) is 0 Å². The molecule has 21 heavy (non-hydrogen) atoms. The zero-order valence-corrected chi connectivity index (χ0v) is 11.4. The normalized spacial score (nSPS) is 10.8. The molecule has 3 rings (SSSR count). The van der Waals surface area contributed by atoms with Crippen LogP contribution in [0, 0.1) is 5.82 Å². The minimum absolute atomic E-state index is 0.265. The van der Waals surface area contributed by atoms with Crippen LogP contribution >= 0.6 is 0 Å². The largest absolute Gasteiger partial charge is 0.364 e. The highest BCUT2D eigenvalue weighted by Gasteiger charge is 2.06. The minimum Gasteiger partial charge on any atom is -0.364 e. The van der Waals surface area contributed by atoms with Gasteiger partial charge in [0.25, 0.3) is 0 Å². The van der Waals surface area contributed by atoms with Crippen LogP contribution in [0.2, 0.25) is 0 Å². The molecule has 0 saturated carbocycles. The molecule has 0 amide bonds. The number of hydrogen-bond donors (Lipinski definition) is 2. The van der Waals surface area contributed by atoms with E-state index in [4.69, 9.17) is 5.73 Å². The van der Waals surface area contributed by atoms with Gasteiger partial charge in [-0.25, -0.2) is 4.39 Å². The zero-order valence-electron chi connectivity index (χ0n) is 11.4. The molecule has 2 aromatic carbocycles. The lowest BCUT2D eigenvalue weighted by Gasteiger charge is -2.09. The fourth-order valence-electron chi connectivity index (χ4n) is 2.20. The van der Waals surface area contributed by atoms with E-state index in [0.29, 0.717) is 24.5 Å². The SMILES string of the molecule is NCc1ccc(CNc2nncc3ccccc23)c(F)c1. The van der Waals surface area contributed by atoms with Crippen LogP contribution in [0.15, 0.2) is 48.7 Å². The van der Waals surface area contributed by atoms with Crippen molar-refractivity contribution in [3.63, 3.8) is 0 Å². The quantitative estimate of drug-likeness (QED) is 0.772. The smallest absolute Gasteiger partial charge is 0.156 e. The molecule has 3 aromatic rings. The fourth-order valence-corrected chi connectivity index (χ4v) is 2.20. The third-order valence-corrected chi connectivity index (χ3v) is 3.37. The first-order chi connectivity index (χ1) is 10.3. The van der Waals surface area contributed by atoms with E-state index in [0.717, 1.165) is 16.3 Å². The maximum absolute atomic E-state index is 13.9. The van der Waals surface area contributed by atoms with Crippen molar-refractivity contribution in [3.8, 4) is 0 Å². The van der Waals surface area contributed by atoms with E-state index in [1.165, 1.54) is 6.07 Å². The summed E-state index contributed by atoms with van der Waals surface area (Å²) in [5.74, 6) is 0.383. The number of rotatable bonds is 4. The number of hydrogen-bond acceptors (Lipinski definition) is 4. The van der Waals surface area contributed by atoms with Gasteiger partial charge < -0.3 is 11.1 Å². The van der Waals surface area contributed by atoms with Crippen LogP contribution in [-0.4, -0.2) is 10.2 Å². The summed E-state index contributed by atoms with van der Waals surface area (Å²) < 4.78 is 13.9. The maximum atomic E-state index is 13.9. The van der Waals surface area contributed by atoms with Gasteiger partial charge in [-0.1, -0.05) is 36.4 Å². The molecule has 0 unspecified atom stereocenters. The molecule has 106 valence electrons. The van der Waals surface area contributed by atoms with Gasteiger partial charge in [0.05, 0.1) is 6.20 Å². The number of nitrogens with one attached hydrogen (secondary N) is 1. The van der Waals surface area contributed by atoms with E-state index >= 15 is 0 Å². The molecule has 1 heterocycles. The second-order valence-electron chi connectivity index (χ2n) is 4.76. The molecule has 4 nitrogen and oxygen atoms in total. The average molecular weight is 282 g/mol. The summed E-state index contributed by atoms with van der Waals surface area (Å²) in [6, 6.07) is 12.8. The summed E-state index contributed by atoms with van der Waals surface area (Å²) in [5, 5.41) is 13.1. The third-order valence-electron chi connectivity index (χ3n) is 3.37. The molecule has 0 fully saturated rings. The Balaban J connectivity index is 1.84. The lowest BCUT2D eigenvalue weighted by molar-refractivity contribution is 0.610. The highest BCUT2D eigenvalue weighted by Crippen LogP contribution is 2.20. The van der Waals surface area contributed by atoms with Crippen molar-refractivity contribution in [2.75, 3.05) is 5.32 Å². The number of fused-ring (bicyclic) bond motifs is 1. The molecule has 0 atom stereocenters. The number of benzene rings is 2. The van der Waals surface area contributed by atoms with Gasteiger partial charge in [0, 0.05) is 29.4 Å². The topological polar surface area (TPSA) is 63.8 Å². The van der Waals surface area contributed by atoms with Crippen molar-refractivity contribution in [1.82, 2.24) is 10.2 Å². The molecule has 0 spiro atoms. The van der Waals surface area contributed by atoms with Crippen molar-refractivity contribution in [1.29, 1.82) is 0 Å². The van der Waals surface area contributed by atoms with Crippen molar-refractivity contribution in [2.45, 2.75) is 13.1 Å². The van der Waals surface area contributed by atoms with Crippen molar-refractivity contribution >= 4 is 16.6 Å². The lowest BCUT2D eigenvalue weighted by Crippen LogP contribution is -2.06. The van der Waals surface area contributed by atoms with E-state index in [9.17, 15) is 4.39 Å². The van der Waals surface area contributed by atoms with E-state index in [1.54, 1.807) is 12.3 Å². The van der Waals surface area contributed by atoms with Gasteiger partial charge >= 0.3 is 0 Å². The Morgan fingerprint density at radius 2 is 2.00 bits per heavy atom. The third kappa shape index (κ3) is 2.83. The Kier molecular flexibility index (Phi) is 3.75. The molecule has 1 aromatic heterocycles. The number of aromatic nitrogens is 2. The van der Waals surface area contributed by atoms with Crippen molar-refractivity contribution in [3.05, 3.63) is 65.6 Å². The van der Waals surface area contributed by atoms with Gasteiger partial charge in [-0.2, -0.15) is 5.10 Å². The number of nitrogens with zero attached hydrogens (tertiary/aromatic N) is 2. The van der Waals surface area contributed by atoms with Crippen LogP contribution in [0.4, 0.5) is 10.2 Å². The summed E-state index contributed by atoms with van der Waals surface area (Å²) in [4.78, 5) is 0. The molecule has 0 aliphatic heterocycles. The Labute approximate surface area is 121 Å². The van der Waals surface area contributed by atoms with Crippen LogP contribution in [0.25, 0.3) is 10.8 Å². The molecular formula is C16H15FN4. The van der Waals surface area contributed by atoms with E-state index in [1.807, 2.05) is 30.3 Å². The number of halogens is 1. The summed E-state index contributed by atoms with van der Waals surface area (Å²) in [6.45, 7) is 0.679. The Morgan fingerprint density at radius 1 is 1.14 bits per heavy atom. The molecule has 3 N–H and O–H groups in total. The number of anilines is 1. The summed E-state index contributed by atoms with van der Waals surface area (Å²) in [6.07, 6.45) is 1.71. The first-order valence-corrected chi connectivity index (χ1v) is 6.69. The van der Waals surface area contributed by atoms with Crippen LogP contribution in [0.1, 0.15) is 11.1 Å². The van der Waals surface area contributed by atoms with Gasteiger partial charge in [0.2, 0.25) is 0 Å². The Hall–Kier alpha value is -2.53. The maximum Gasteiger partial charge on any atom is 0.156 e. The van der Waals surface area contributed by atoms with Crippen molar-refractivity contribution in [2.24, 2.45) is 5.73 Å². The average Bonchev–Trinajstić information content (AvgIpc) is 2.53. The van der Waals surface area contributed by atoms with Crippen LogP contribution in [-0.2, 0) is 13.1 Å². The number of nitrogens with two attached hydrogens (primary N) is 1. The Bertz CT molecular complexity index is 768. The van der Waals surface area contributed by atoms with Gasteiger partial charge in [0.1, 0.15) is 5.82 Å². The van der Waals surface area contributed by atoms with Crippen LogP contribution in [0.5, 0.6) is 0 Å². The van der Waals surface area contributed by atoms with E-state index in [-0.39, 0.29) is 5.82 Å². The monoisotopic (exact) mass is 282 g/mol. The molecule has 0 bridgehead atoms. The Morgan fingerprint density at radius 3 is 2.81 bits per heavy atom. The lowest BCUT2D eigenvalue weighted by atomic mass is 10.1. The van der Waals surface area contributed by atoms with E-state index in [2.05, 4.69) is 15.5 Å². The highest BCUT2D eigenvalue weighted by molar-refractivity contribution is 5.90. The first kappa shape index (κ1) is 13.5. The van der Waals surface area contributed by atoms with Crippen LogP contribution in [0.3, 0.4) is 0 Å². The molecule has 5 heteroatoms. The van der Waals surface area contributed by atoms with Crippen molar-refractivity contribution < 1.29 is 4.39 Å². The zero-order chi connectivity index (χ0) is 14.7. The molecular weight excluding hydrogens is 267 g/mol. The van der Waals surface area contributed by atoms with Gasteiger partial charge in [-0.15, -0.1) is 5.10 Å². The predicted octanol–water partition coefficient (Wildman–Crippen LogP) is 2.84. The molecule has 0 aliphatic rings. The first-order valence-electron chi connectivity index (χ1n) is 6.69. The summed E-state index contributed by atoms with van der Waals surface area (Å²) >= 11 is 0. The van der Waals surface area contributed by atoms with Gasteiger partial charge in [-0.05, 0) is 11.6 Å². The molecule has 0 aliphatic carbocycles. The van der Waals surface area contributed by atoms with Crippen LogP contribution < -0.4 is 11.1 Å². The predicted molar refractivity (Wildman–Crippen MR) is 81.2 cm³/mol. The molecule has 0 radical (unpaired) electrons. The van der Waals surface area contributed by atoms with E-state index < -0.39 is 0 Å². The second kappa shape index (κ2) is 5.85. The summed E-state index contributed by atoms with van der Waals surface area (Å²) in [7, 11) is 0. The fraction of sp³-hybridized carbons (Fsp3) is 0.125. The standard InChI is InChI=1S/C16H15FN4/c17-15-7-11(8-18)5-6-13(15)9-19-16-14-4-2-1-3-12(14)10-20-21-16/h1-7,10H,8-9,18H2,(H,19,21). The minimum atomic E-state index is -0.265. The molecule has 0 saturated heterocycles. The highest BCUT2D eigenvalue weighted by atomic mass is 19.1. The summed E-state index contributed by atoms with van der Waals surface area (Å²) in [5.41, 5.74) is 6.85. The second-order valence-corrected chi connectivity index (χ2v) is 4.76. The van der Waals surface area contributed by atoms with Gasteiger partial charge in [0.15, 0.2) is 5.82 Å².